The van der Waals surface area contributed by atoms with Crippen LogP contribution in [0.25, 0.3) is 0 Å². The first-order valence-electron chi connectivity index (χ1n) is 3.61. The molecule has 0 spiro atoms. The topological polar surface area (TPSA) is 62.5 Å². The van der Waals surface area contributed by atoms with E-state index < -0.39 is 6.10 Å². The molecule has 0 aliphatic rings. The minimum absolute atomic E-state index is 0. The van der Waals surface area contributed by atoms with E-state index in [1.54, 1.807) is 10.8 Å². The van der Waals surface area contributed by atoms with Crippen LogP contribution >= 0.6 is 23.7 Å². The summed E-state index contributed by atoms with van der Waals surface area (Å²) in [5.41, 5.74) is 0.569. The fourth-order valence-electron chi connectivity index (χ4n) is 0.913. The van der Waals surface area contributed by atoms with E-state index in [9.17, 15) is 5.11 Å². The van der Waals surface area contributed by atoms with Gasteiger partial charge in [0.1, 0.15) is 5.75 Å². The molecule has 80 valence electrons. The van der Waals surface area contributed by atoms with E-state index in [1.165, 1.54) is 25.6 Å². The second-order valence-corrected chi connectivity index (χ2v) is 3.11. The Kier molecular flexibility index (Phi) is 5.52. The van der Waals surface area contributed by atoms with Gasteiger partial charge < -0.3 is 14.6 Å². The molecule has 0 saturated carbocycles. The Bertz CT molecular complexity index is 303. The van der Waals surface area contributed by atoms with Gasteiger partial charge in [0.2, 0.25) is 5.90 Å². The minimum atomic E-state index is -1.04. The largest absolute Gasteiger partial charge is 0.495 e. The van der Waals surface area contributed by atoms with Gasteiger partial charge in [-0.2, -0.15) is 0 Å². The third kappa shape index (κ3) is 2.60. The summed E-state index contributed by atoms with van der Waals surface area (Å²) in [6.45, 7) is 0. The third-order valence-electron chi connectivity index (χ3n) is 1.64. The average molecular weight is 238 g/mol. The molecule has 1 atom stereocenters. The second-order valence-electron chi connectivity index (χ2n) is 2.37. The van der Waals surface area contributed by atoms with Crippen molar-refractivity contribution in [3.63, 3.8) is 0 Å². The molecule has 14 heavy (non-hydrogen) atoms. The first-order valence-corrected chi connectivity index (χ1v) is 4.55. The molecule has 1 aromatic heterocycles. The molecule has 1 unspecified atom stereocenters. The van der Waals surface area contributed by atoms with Crippen molar-refractivity contribution in [1.29, 1.82) is 5.41 Å². The Labute approximate surface area is 92.4 Å². The van der Waals surface area contributed by atoms with Crippen LogP contribution in [0.15, 0.2) is 10.8 Å². The normalized spacial score (nSPS) is 11.4. The van der Waals surface area contributed by atoms with Crippen molar-refractivity contribution >= 4 is 29.6 Å². The fraction of sp³-hybridized carbons (Fsp3) is 0.375. The van der Waals surface area contributed by atoms with Crippen molar-refractivity contribution in [1.82, 2.24) is 0 Å². The van der Waals surface area contributed by atoms with Crippen molar-refractivity contribution in [3.05, 3.63) is 16.3 Å². The Balaban J connectivity index is 0.00000169. The van der Waals surface area contributed by atoms with Gasteiger partial charge in [-0.25, -0.2) is 0 Å². The molecule has 0 aliphatic carbocycles. The molecule has 4 nitrogen and oxygen atoms in total. The van der Waals surface area contributed by atoms with Gasteiger partial charge in [-0.15, -0.1) is 23.7 Å². The van der Waals surface area contributed by atoms with Gasteiger partial charge in [0.05, 0.1) is 14.2 Å². The molecule has 0 fully saturated rings. The van der Waals surface area contributed by atoms with Gasteiger partial charge in [0, 0.05) is 16.3 Å². The summed E-state index contributed by atoms with van der Waals surface area (Å²) < 4.78 is 9.62. The first kappa shape index (κ1) is 13.2. The summed E-state index contributed by atoms with van der Waals surface area (Å²) in [6, 6.07) is 0. The minimum Gasteiger partial charge on any atom is -0.495 e. The van der Waals surface area contributed by atoms with Crippen molar-refractivity contribution < 1.29 is 14.6 Å². The number of hydrogen-bond donors (Lipinski definition) is 2. The molecular weight excluding hydrogens is 226 g/mol. The maximum absolute atomic E-state index is 9.57. The molecule has 0 aliphatic heterocycles. The van der Waals surface area contributed by atoms with Gasteiger partial charge in [-0.3, -0.25) is 5.41 Å². The van der Waals surface area contributed by atoms with Crippen molar-refractivity contribution in [3.8, 4) is 5.75 Å². The summed E-state index contributed by atoms with van der Waals surface area (Å²) >= 11 is 1.41. The smallest absolute Gasteiger partial charge is 0.214 e. The second kappa shape index (κ2) is 5.85. The Morgan fingerprint density at radius 3 is 2.64 bits per heavy atom. The molecule has 1 aromatic rings. The van der Waals surface area contributed by atoms with Crippen LogP contribution in [0, 0.1) is 5.41 Å². The lowest BCUT2D eigenvalue weighted by atomic mass is 10.2. The van der Waals surface area contributed by atoms with Gasteiger partial charge in [0.25, 0.3) is 0 Å². The van der Waals surface area contributed by atoms with Crippen LogP contribution in [0.1, 0.15) is 11.7 Å². The molecule has 1 rings (SSSR count). The number of ether oxygens (including phenoxy) is 2. The third-order valence-corrected chi connectivity index (χ3v) is 2.38. The molecule has 0 aromatic carbocycles. The SMILES string of the molecule is COC(=N)C(O)c1cscc1OC.Cl. The predicted octanol–water partition coefficient (Wildman–Crippen LogP) is 1.84. The molecule has 0 radical (unpaired) electrons. The van der Waals surface area contributed by atoms with E-state index in [-0.39, 0.29) is 18.3 Å². The van der Waals surface area contributed by atoms with Crippen LogP contribution in [-0.2, 0) is 4.74 Å². The predicted molar refractivity (Wildman–Crippen MR) is 57.8 cm³/mol. The number of rotatable bonds is 3. The zero-order valence-corrected chi connectivity index (χ0v) is 9.45. The number of nitrogens with one attached hydrogen (secondary N) is 1. The zero-order valence-electron chi connectivity index (χ0n) is 7.81. The maximum atomic E-state index is 9.57. The molecular formula is C8H12ClNO3S. The van der Waals surface area contributed by atoms with Crippen LogP contribution in [0.4, 0.5) is 0 Å². The molecule has 2 N–H and O–H groups in total. The van der Waals surface area contributed by atoms with Crippen LogP contribution in [0.3, 0.4) is 0 Å². The van der Waals surface area contributed by atoms with Crippen LogP contribution in [-0.4, -0.2) is 25.2 Å². The summed E-state index contributed by atoms with van der Waals surface area (Å²) in [6.07, 6.45) is -1.04. The average Bonchev–Trinajstić information content (AvgIpc) is 2.62. The number of aliphatic hydroxyl groups excluding tert-OH is 1. The summed E-state index contributed by atoms with van der Waals surface area (Å²) in [7, 11) is 2.87. The standard InChI is InChI=1S/C8H11NO3S.ClH/c1-11-6-4-13-3-5(6)7(10)8(9)12-2;/h3-4,7,9-10H,1-2H3;1H. The van der Waals surface area contributed by atoms with Gasteiger partial charge in [0.15, 0.2) is 6.10 Å². The highest BCUT2D eigenvalue weighted by atomic mass is 35.5. The van der Waals surface area contributed by atoms with Crippen LogP contribution in [0.2, 0.25) is 0 Å². The quantitative estimate of drug-likeness (QED) is 0.623. The summed E-state index contributed by atoms with van der Waals surface area (Å²) in [4.78, 5) is 0. The van der Waals surface area contributed by atoms with Crippen molar-refractivity contribution in [2.24, 2.45) is 0 Å². The van der Waals surface area contributed by atoms with E-state index >= 15 is 0 Å². The highest BCUT2D eigenvalue weighted by Gasteiger charge is 2.19. The number of methoxy groups -OCH3 is 2. The molecule has 0 saturated heterocycles. The molecule has 6 heteroatoms. The highest BCUT2D eigenvalue weighted by molar-refractivity contribution is 7.08. The fourth-order valence-corrected chi connectivity index (χ4v) is 1.73. The molecule has 0 bridgehead atoms. The Morgan fingerprint density at radius 1 is 1.50 bits per heavy atom. The Hall–Kier alpha value is -0.780. The van der Waals surface area contributed by atoms with E-state index in [2.05, 4.69) is 4.74 Å². The van der Waals surface area contributed by atoms with Crippen molar-refractivity contribution in [2.45, 2.75) is 6.10 Å². The van der Waals surface area contributed by atoms with Crippen LogP contribution < -0.4 is 4.74 Å². The maximum Gasteiger partial charge on any atom is 0.214 e. The monoisotopic (exact) mass is 237 g/mol. The number of halogens is 1. The van der Waals surface area contributed by atoms with Gasteiger partial charge in [-0.05, 0) is 0 Å². The van der Waals surface area contributed by atoms with Gasteiger partial charge >= 0.3 is 0 Å². The molecule has 0 amide bonds. The van der Waals surface area contributed by atoms with E-state index in [4.69, 9.17) is 10.1 Å². The first-order chi connectivity index (χ1) is 6.20. The number of aliphatic hydroxyl groups is 1. The molecule has 1 heterocycles. The highest BCUT2D eigenvalue weighted by Crippen LogP contribution is 2.29. The van der Waals surface area contributed by atoms with E-state index in [1.807, 2.05) is 0 Å². The summed E-state index contributed by atoms with van der Waals surface area (Å²) in [5, 5.41) is 20.3. The van der Waals surface area contributed by atoms with Crippen molar-refractivity contribution in [2.75, 3.05) is 14.2 Å². The van der Waals surface area contributed by atoms with E-state index in [0.29, 0.717) is 11.3 Å². The van der Waals surface area contributed by atoms with Crippen LogP contribution in [0.5, 0.6) is 5.75 Å². The zero-order chi connectivity index (χ0) is 9.84. The summed E-state index contributed by atoms with van der Waals surface area (Å²) in [5.74, 6) is 0.399. The lowest BCUT2D eigenvalue weighted by molar-refractivity contribution is 0.201. The number of thiophene rings is 1. The lowest BCUT2D eigenvalue weighted by Gasteiger charge is -2.10. The lowest BCUT2D eigenvalue weighted by Crippen LogP contribution is -2.12. The number of hydrogen-bond acceptors (Lipinski definition) is 5. The van der Waals surface area contributed by atoms with E-state index in [0.717, 1.165) is 0 Å². The Morgan fingerprint density at radius 2 is 2.14 bits per heavy atom. The van der Waals surface area contributed by atoms with Gasteiger partial charge in [-0.1, -0.05) is 0 Å².